The van der Waals surface area contributed by atoms with E-state index in [1.165, 1.54) is 23.9 Å². The number of benzene rings is 2. The molecule has 10 heteroatoms. The zero-order valence-electron chi connectivity index (χ0n) is 16.6. The molecule has 1 aliphatic heterocycles. The monoisotopic (exact) mass is 584 g/mol. The lowest BCUT2D eigenvalue weighted by Crippen LogP contribution is -2.31. The van der Waals surface area contributed by atoms with Crippen LogP contribution in [0, 0.1) is 16.0 Å². The van der Waals surface area contributed by atoms with Gasteiger partial charge >= 0.3 is 0 Å². The quantitative estimate of drug-likeness (QED) is 0.159. The number of ether oxygens (including phenoxy) is 1. The summed E-state index contributed by atoms with van der Waals surface area (Å²) in [6.45, 7) is 4.86. The third kappa shape index (κ3) is 5.94. The van der Waals surface area contributed by atoms with Crippen molar-refractivity contribution in [3.8, 4) is 5.75 Å². The molecule has 31 heavy (non-hydrogen) atoms. The largest absolute Gasteiger partial charge is 0.487 e. The van der Waals surface area contributed by atoms with Crippen molar-refractivity contribution in [1.29, 1.82) is 0 Å². The Morgan fingerprint density at radius 1 is 1.26 bits per heavy atom. The molecule has 0 bridgehead atoms. The Balaban J connectivity index is 1.77. The summed E-state index contributed by atoms with van der Waals surface area (Å²) < 4.78 is 7.83. The second-order valence-corrected chi connectivity index (χ2v) is 10.6. The molecule has 1 fully saturated rings. The number of thiocarbonyl (C=S) groups is 1. The van der Waals surface area contributed by atoms with E-state index in [2.05, 4.69) is 31.9 Å². The number of carbonyl (C=O) groups is 1. The lowest BCUT2D eigenvalue weighted by Gasteiger charge is -2.16. The third-order valence-electron chi connectivity index (χ3n) is 4.24. The summed E-state index contributed by atoms with van der Waals surface area (Å²) in [6, 6.07) is 10.0. The van der Waals surface area contributed by atoms with Crippen molar-refractivity contribution in [3.05, 3.63) is 71.5 Å². The lowest BCUT2D eigenvalue weighted by molar-refractivity contribution is -0.384. The van der Waals surface area contributed by atoms with Crippen LogP contribution in [0.1, 0.15) is 25.0 Å². The fraction of sp³-hybridized carbons (Fsp3) is 0.238. The number of rotatable bonds is 7. The number of halogens is 2. The third-order valence-corrected chi connectivity index (χ3v) is 6.80. The molecule has 0 spiro atoms. The molecular weight excluding hydrogens is 568 g/mol. The normalized spacial score (nSPS) is 15.3. The van der Waals surface area contributed by atoms with Gasteiger partial charge in [-0.2, -0.15) is 0 Å². The molecule has 0 saturated carbocycles. The number of nitro benzene ring substituents is 1. The van der Waals surface area contributed by atoms with E-state index in [1.807, 2.05) is 26.0 Å². The zero-order chi connectivity index (χ0) is 22.7. The molecule has 1 saturated heterocycles. The van der Waals surface area contributed by atoms with Gasteiger partial charge in [-0.3, -0.25) is 19.8 Å². The van der Waals surface area contributed by atoms with Gasteiger partial charge in [0.2, 0.25) is 0 Å². The molecular formula is C21H18Br2N2O4S2. The molecule has 1 heterocycles. The lowest BCUT2D eigenvalue weighted by atomic mass is 10.2. The van der Waals surface area contributed by atoms with Crippen LogP contribution < -0.4 is 4.74 Å². The smallest absolute Gasteiger partial charge is 0.269 e. The summed E-state index contributed by atoms with van der Waals surface area (Å²) >= 11 is 13.7. The second-order valence-electron chi connectivity index (χ2n) is 7.22. The highest BCUT2D eigenvalue weighted by atomic mass is 79.9. The van der Waals surface area contributed by atoms with Gasteiger partial charge in [-0.1, -0.05) is 50.0 Å². The standard InChI is InChI=1S/C21H18Br2N2O4S2/c1-12(2)10-24-20(26)18(31-21(24)30)9-14-7-16(22)19(17(23)8-14)29-11-13-4-3-5-15(6-13)25(27)28/h3-9,12H,10-11H2,1-2H3/b18-9-. The fourth-order valence-electron chi connectivity index (χ4n) is 2.89. The van der Waals surface area contributed by atoms with Crippen LogP contribution in [0.25, 0.3) is 6.08 Å². The highest BCUT2D eigenvalue weighted by molar-refractivity contribution is 9.11. The van der Waals surface area contributed by atoms with Gasteiger partial charge in [-0.15, -0.1) is 0 Å². The SMILES string of the molecule is CC(C)CN1C(=O)/C(=C/c2cc(Br)c(OCc3cccc([N+](=O)[O-])c3)c(Br)c2)SC1=S. The maximum Gasteiger partial charge on any atom is 0.269 e. The van der Waals surface area contributed by atoms with Gasteiger partial charge in [0, 0.05) is 18.7 Å². The maximum absolute atomic E-state index is 12.7. The number of nitrogens with zero attached hydrogens (tertiary/aromatic N) is 2. The first kappa shape index (κ1) is 23.9. The summed E-state index contributed by atoms with van der Waals surface area (Å²) in [6.07, 6.45) is 1.81. The fourth-order valence-corrected chi connectivity index (χ4v) is 5.62. The Morgan fingerprint density at radius 3 is 2.55 bits per heavy atom. The highest BCUT2D eigenvalue weighted by Gasteiger charge is 2.32. The van der Waals surface area contributed by atoms with E-state index in [0.717, 1.165) is 5.56 Å². The number of hydrogen-bond donors (Lipinski definition) is 0. The molecule has 1 amide bonds. The predicted molar refractivity (Wildman–Crippen MR) is 134 cm³/mol. The molecule has 0 N–H and O–H groups in total. The molecule has 0 radical (unpaired) electrons. The summed E-state index contributed by atoms with van der Waals surface area (Å²) in [5, 5.41) is 10.9. The van der Waals surface area contributed by atoms with Gasteiger partial charge in [0.15, 0.2) is 0 Å². The molecule has 0 aliphatic carbocycles. The van der Waals surface area contributed by atoms with Gasteiger partial charge in [-0.05, 0) is 67.1 Å². The first-order chi connectivity index (χ1) is 14.7. The van der Waals surface area contributed by atoms with Gasteiger partial charge in [0.25, 0.3) is 11.6 Å². The average Bonchev–Trinajstić information content (AvgIpc) is 2.94. The minimum absolute atomic E-state index is 0.0179. The Labute approximate surface area is 206 Å². The minimum atomic E-state index is -0.437. The molecule has 2 aromatic rings. The number of thioether (sulfide) groups is 1. The highest BCUT2D eigenvalue weighted by Crippen LogP contribution is 2.38. The Morgan fingerprint density at radius 2 is 1.94 bits per heavy atom. The van der Waals surface area contributed by atoms with Crippen molar-refractivity contribution in [3.63, 3.8) is 0 Å². The van der Waals surface area contributed by atoms with Crippen LogP contribution in [-0.2, 0) is 11.4 Å². The van der Waals surface area contributed by atoms with Crippen molar-refractivity contribution in [2.24, 2.45) is 5.92 Å². The average molecular weight is 586 g/mol. The van der Waals surface area contributed by atoms with Crippen LogP contribution in [0.3, 0.4) is 0 Å². The first-order valence-corrected chi connectivity index (χ1v) is 12.1. The van der Waals surface area contributed by atoms with Crippen molar-refractivity contribution >= 4 is 77.8 Å². The Hall–Kier alpha value is -1.75. The minimum Gasteiger partial charge on any atom is -0.487 e. The number of carbonyl (C=O) groups excluding carboxylic acids is 1. The van der Waals surface area contributed by atoms with Crippen LogP contribution in [-0.4, -0.2) is 26.6 Å². The molecule has 1 aliphatic rings. The molecule has 2 aromatic carbocycles. The van der Waals surface area contributed by atoms with E-state index < -0.39 is 4.92 Å². The van der Waals surface area contributed by atoms with Gasteiger partial charge in [-0.25, -0.2) is 0 Å². The van der Waals surface area contributed by atoms with Crippen LogP contribution in [0.15, 0.2) is 50.2 Å². The van der Waals surface area contributed by atoms with Crippen LogP contribution >= 0.6 is 55.8 Å². The molecule has 162 valence electrons. The van der Waals surface area contributed by atoms with Crippen molar-refractivity contribution in [1.82, 2.24) is 4.90 Å². The molecule has 3 rings (SSSR count). The van der Waals surface area contributed by atoms with Crippen molar-refractivity contribution in [2.75, 3.05) is 6.54 Å². The van der Waals surface area contributed by atoms with Crippen LogP contribution in [0.5, 0.6) is 5.75 Å². The first-order valence-electron chi connectivity index (χ1n) is 9.26. The van der Waals surface area contributed by atoms with Gasteiger partial charge < -0.3 is 4.74 Å². The number of non-ortho nitro benzene ring substituents is 1. The van der Waals surface area contributed by atoms with Crippen LogP contribution in [0.4, 0.5) is 5.69 Å². The van der Waals surface area contributed by atoms with Crippen molar-refractivity contribution < 1.29 is 14.5 Å². The molecule has 0 atom stereocenters. The zero-order valence-corrected chi connectivity index (χ0v) is 21.4. The Bertz CT molecular complexity index is 1070. The topological polar surface area (TPSA) is 72.7 Å². The Kier molecular flexibility index (Phi) is 7.90. The number of hydrogen-bond acceptors (Lipinski definition) is 6. The van der Waals surface area contributed by atoms with E-state index in [1.54, 1.807) is 23.1 Å². The van der Waals surface area contributed by atoms with E-state index in [0.29, 0.717) is 41.9 Å². The molecule has 0 aromatic heterocycles. The summed E-state index contributed by atoms with van der Waals surface area (Å²) in [5.74, 6) is 0.811. The second kappa shape index (κ2) is 10.2. The molecule has 0 unspecified atom stereocenters. The maximum atomic E-state index is 12.7. The van der Waals surface area contributed by atoms with E-state index in [-0.39, 0.29) is 18.2 Å². The van der Waals surface area contributed by atoms with Crippen LogP contribution in [0.2, 0.25) is 0 Å². The number of amides is 1. The van der Waals surface area contributed by atoms with E-state index in [9.17, 15) is 14.9 Å². The van der Waals surface area contributed by atoms with Gasteiger partial charge in [0.1, 0.15) is 16.7 Å². The van der Waals surface area contributed by atoms with Crippen molar-refractivity contribution in [2.45, 2.75) is 20.5 Å². The summed E-state index contributed by atoms with van der Waals surface area (Å²) in [5.41, 5.74) is 1.52. The number of nitro groups is 1. The van der Waals surface area contributed by atoms with E-state index >= 15 is 0 Å². The van der Waals surface area contributed by atoms with E-state index in [4.69, 9.17) is 17.0 Å². The molecule has 6 nitrogen and oxygen atoms in total. The predicted octanol–water partition coefficient (Wildman–Crippen LogP) is 6.56. The van der Waals surface area contributed by atoms with Gasteiger partial charge in [0.05, 0.1) is 18.8 Å². The summed E-state index contributed by atoms with van der Waals surface area (Å²) in [7, 11) is 0. The summed E-state index contributed by atoms with van der Waals surface area (Å²) in [4.78, 5) is 25.4.